The molecule has 1 saturated heterocycles. The van der Waals surface area contributed by atoms with E-state index in [0.29, 0.717) is 45.4 Å². The number of likely N-dealkylation sites (tertiary alicyclic amines) is 1. The van der Waals surface area contributed by atoms with E-state index in [1.807, 2.05) is 18.2 Å². The molecule has 10 heteroatoms. The molecule has 216 valence electrons. The van der Waals surface area contributed by atoms with E-state index in [0.717, 1.165) is 31.6 Å². The van der Waals surface area contributed by atoms with Gasteiger partial charge in [0.05, 0.1) is 28.4 Å². The Bertz CT molecular complexity index is 1700. The van der Waals surface area contributed by atoms with E-state index in [-0.39, 0.29) is 23.5 Å². The van der Waals surface area contributed by atoms with Gasteiger partial charge in [-0.15, -0.1) is 16.4 Å². The first-order valence-corrected chi connectivity index (χ1v) is 15.5. The van der Waals surface area contributed by atoms with Crippen LogP contribution in [-0.4, -0.2) is 50.6 Å². The smallest absolute Gasteiger partial charge is 0.274 e. The third kappa shape index (κ3) is 5.07. The van der Waals surface area contributed by atoms with E-state index < -0.39 is 5.82 Å². The van der Waals surface area contributed by atoms with Crippen LogP contribution in [0.15, 0.2) is 47.4 Å². The molecule has 1 N–H and O–H groups in total. The Morgan fingerprint density at radius 3 is 2.60 bits per heavy atom. The summed E-state index contributed by atoms with van der Waals surface area (Å²) in [5.74, 6) is 1.40. The number of rotatable bonds is 7. The highest BCUT2D eigenvalue weighted by Crippen LogP contribution is 2.56. The van der Waals surface area contributed by atoms with E-state index in [2.05, 4.69) is 32.4 Å². The highest BCUT2D eigenvalue weighted by atomic mass is 32.1. The number of piperidine rings is 1. The molecule has 0 radical (unpaired) electrons. The van der Waals surface area contributed by atoms with E-state index in [1.54, 1.807) is 36.7 Å². The number of halogens is 1. The number of pyridine rings is 2. The first kappa shape index (κ1) is 27.1. The average molecular weight is 585 g/mol. The van der Waals surface area contributed by atoms with Crippen molar-refractivity contribution in [2.75, 3.05) is 25.5 Å². The van der Waals surface area contributed by atoms with Gasteiger partial charge in [0.2, 0.25) is 0 Å². The number of ketones is 1. The number of Topliss-reactive ketones (excluding diaryl/α,β-unsaturated/α-hetero) is 1. The van der Waals surface area contributed by atoms with Crippen LogP contribution in [0.25, 0.3) is 11.3 Å². The fraction of sp³-hybridized carbons (Fsp3) is 0.406. The van der Waals surface area contributed by atoms with Gasteiger partial charge in [-0.25, -0.2) is 9.37 Å². The fourth-order valence-electron chi connectivity index (χ4n) is 6.72. The van der Waals surface area contributed by atoms with Gasteiger partial charge in [0, 0.05) is 29.6 Å². The van der Waals surface area contributed by atoms with E-state index in [4.69, 9.17) is 0 Å². The lowest BCUT2D eigenvalue weighted by atomic mass is 9.94. The minimum atomic E-state index is -0.514. The monoisotopic (exact) mass is 584 g/mol. The summed E-state index contributed by atoms with van der Waals surface area (Å²) in [4.78, 5) is 35.0. The maximum atomic E-state index is 14.9. The molecule has 2 aliphatic carbocycles. The van der Waals surface area contributed by atoms with Crippen molar-refractivity contribution in [3.05, 3.63) is 85.5 Å². The zero-order valence-corrected chi connectivity index (χ0v) is 24.6. The number of anilines is 2. The van der Waals surface area contributed by atoms with Crippen molar-refractivity contribution < 1.29 is 9.18 Å². The Balaban J connectivity index is 1.10. The van der Waals surface area contributed by atoms with Crippen LogP contribution >= 0.6 is 11.3 Å². The van der Waals surface area contributed by atoms with Gasteiger partial charge < -0.3 is 14.8 Å². The molecule has 4 aromatic heterocycles. The van der Waals surface area contributed by atoms with Crippen molar-refractivity contribution in [1.82, 2.24) is 24.6 Å². The summed E-state index contributed by atoms with van der Waals surface area (Å²) in [6.45, 7) is 2.08. The maximum absolute atomic E-state index is 14.9. The number of nitrogens with one attached hydrogen (secondary N) is 1. The molecule has 0 amide bonds. The number of fused-ring (bicyclic) bond motifs is 5. The highest BCUT2D eigenvalue weighted by molar-refractivity contribution is 7.14. The van der Waals surface area contributed by atoms with Gasteiger partial charge >= 0.3 is 0 Å². The Morgan fingerprint density at radius 1 is 1.02 bits per heavy atom. The molecule has 8 nitrogen and oxygen atoms in total. The van der Waals surface area contributed by atoms with Crippen LogP contribution in [-0.2, 0) is 13.5 Å². The van der Waals surface area contributed by atoms with Gasteiger partial charge in [0.1, 0.15) is 11.5 Å². The summed E-state index contributed by atoms with van der Waals surface area (Å²) in [5, 5.41) is 11.9. The minimum absolute atomic E-state index is 0.104. The predicted molar refractivity (Wildman–Crippen MR) is 161 cm³/mol. The lowest BCUT2D eigenvalue weighted by molar-refractivity contribution is 0.0994. The molecule has 1 aliphatic heterocycles. The van der Waals surface area contributed by atoms with E-state index in [9.17, 15) is 14.0 Å². The number of nitrogens with zero attached hydrogens (tertiary/aromatic N) is 5. The Kier molecular flexibility index (Phi) is 6.98. The summed E-state index contributed by atoms with van der Waals surface area (Å²) in [6.07, 6.45) is 7.27. The summed E-state index contributed by atoms with van der Waals surface area (Å²) < 4.78 is 16.3. The lowest BCUT2D eigenvalue weighted by Gasteiger charge is -2.28. The topological polar surface area (TPSA) is 93.0 Å². The standard InChI is InChI=1S/C32H33FN6O2S/c1-38-11-9-18(10-12-38)25-7-8-30(37-36-25)35-27-14-21(17-39(2)32(27)41)24-6-5-23(33)26(34-24)16-28(40)29-15-22-19-3-4-20(13-19)31(22)42-29/h5-8,14-15,17-20H,3-4,9-13,16H2,1-2H3,(H,35,37). The average Bonchev–Trinajstić information content (AvgIpc) is 3.72. The molecule has 2 atom stereocenters. The number of aryl methyl sites for hydroxylation is 1. The van der Waals surface area contributed by atoms with Crippen LogP contribution in [0.3, 0.4) is 0 Å². The minimum Gasteiger partial charge on any atom is -0.334 e. The zero-order valence-electron chi connectivity index (χ0n) is 23.8. The molecule has 1 saturated carbocycles. The molecular weight excluding hydrogens is 551 g/mol. The van der Waals surface area contributed by atoms with Crippen LogP contribution < -0.4 is 10.9 Å². The summed E-state index contributed by atoms with van der Waals surface area (Å²) in [5.41, 5.74) is 3.57. The molecule has 4 aromatic rings. The SMILES string of the molecule is CN1CCC(c2ccc(Nc3cc(-c4ccc(F)c(CC(=O)c5cc6c(s5)C5CCC6C5)n4)cn(C)c3=O)nn2)CC1. The Labute approximate surface area is 247 Å². The Hall–Kier alpha value is -3.76. The number of aromatic nitrogens is 4. The first-order chi connectivity index (χ1) is 20.3. The van der Waals surface area contributed by atoms with Gasteiger partial charge in [-0.3, -0.25) is 9.59 Å². The molecule has 2 fully saturated rings. The third-order valence-corrected chi connectivity index (χ3v) is 10.5. The second kappa shape index (κ2) is 10.8. The quantitative estimate of drug-likeness (QED) is 0.275. The van der Waals surface area contributed by atoms with Crippen LogP contribution in [0.1, 0.15) is 81.4 Å². The largest absolute Gasteiger partial charge is 0.334 e. The van der Waals surface area contributed by atoms with E-state index in [1.165, 1.54) is 40.3 Å². The molecule has 7 rings (SSSR count). The van der Waals surface area contributed by atoms with Gasteiger partial charge in [-0.05, 0) is 106 Å². The van der Waals surface area contributed by atoms with Crippen molar-refractivity contribution in [3.63, 3.8) is 0 Å². The lowest BCUT2D eigenvalue weighted by Crippen LogP contribution is -2.29. The van der Waals surface area contributed by atoms with Crippen molar-refractivity contribution >= 4 is 28.6 Å². The molecule has 2 unspecified atom stereocenters. The van der Waals surface area contributed by atoms with Gasteiger partial charge in [-0.1, -0.05) is 0 Å². The van der Waals surface area contributed by atoms with Crippen molar-refractivity contribution in [1.29, 1.82) is 0 Å². The highest BCUT2D eigenvalue weighted by Gasteiger charge is 2.39. The van der Waals surface area contributed by atoms with Crippen LogP contribution in [0.2, 0.25) is 0 Å². The van der Waals surface area contributed by atoms with Crippen LogP contribution in [0.4, 0.5) is 15.9 Å². The summed E-state index contributed by atoms with van der Waals surface area (Å²) in [6, 6.07) is 10.4. The predicted octanol–water partition coefficient (Wildman–Crippen LogP) is 5.78. The van der Waals surface area contributed by atoms with Gasteiger partial charge in [0.15, 0.2) is 11.6 Å². The Morgan fingerprint density at radius 2 is 1.83 bits per heavy atom. The number of thiophene rings is 1. The zero-order chi connectivity index (χ0) is 29.0. The normalized spacial score (nSPS) is 20.2. The molecule has 0 spiro atoms. The van der Waals surface area contributed by atoms with Crippen molar-refractivity contribution in [3.8, 4) is 11.3 Å². The summed E-state index contributed by atoms with van der Waals surface area (Å²) in [7, 11) is 3.78. The van der Waals surface area contributed by atoms with Crippen molar-refractivity contribution in [2.24, 2.45) is 7.05 Å². The second-order valence-corrected chi connectivity index (χ2v) is 13.1. The van der Waals surface area contributed by atoms with E-state index >= 15 is 0 Å². The summed E-state index contributed by atoms with van der Waals surface area (Å²) >= 11 is 1.58. The fourth-order valence-corrected chi connectivity index (χ4v) is 8.05. The van der Waals surface area contributed by atoms with Gasteiger partial charge in [0.25, 0.3) is 5.56 Å². The van der Waals surface area contributed by atoms with Crippen LogP contribution in [0, 0.1) is 5.82 Å². The molecular formula is C32H33FN6O2S. The molecule has 42 heavy (non-hydrogen) atoms. The molecule has 2 bridgehead atoms. The third-order valence-electron chi connectivity index (χ3n) is 9.12. The molecule has 0 aromatic carbocycles. The number of hydrogen-bond acceptors (Lipinski definition) is 8. The number of hydrogen-bond donors (Lipinski definition) is 1. The second-order valence-electron chi connectivity index (χ2n) is 12.0. The molecule has 3 aliphatic rings. The number of carbonyl (C=O) groups is 1. The first-order valence-electron chi connectivity index (χ1n) is 14.6. The maximum Gasteiger partial charge on any atom is 0.274 e. The van der Waals surface area contributed by atoms with Crippen molar-refractivity contribution in [2.45, 2.75) is 56.3 Å². The van der Waals surface area contributed by atoms with Gasteiger partial charge in [-0.2, -0.15) is 5.10 Å². The van der Waals surface area contributed by atoms with Crippen LogP contribution in [0.5, 0.6) is 0 Å². The molecule has 5 heterocycles. The number of carbonyl (C=O) groups excluding carboxylic acids is 1.